The summed E-state index contributed by atoms with van der Waals surface area (Å²) in [4.78, 5) is 0. The Labute approximate surface area is 120 Å². The molecule has 2 rings (SSSR count). The Balaban J connectivity index is 2.12. The van der Waals surface area contributed by atoms with E-state index in [9.17, 15) is 0 Å². The molecule has 19 heavy (non-hydrogen) atoms. The molecule has 1 aromatic heterocycles. The minimum atomic E-state index is 0.589. The van der Waals surface area contributed by atoms with Crippen LogP contribution in [0.5, 0.6) is 0 Å². The minimum Gasteiger partial charge on any atom is -0.313 e. The van der Waals surface area contributed by atoms with E-state index in [0.717, 1.165) is 29.4 Å². The third-order valence-corrected chi connectivity index (χ3v) is 5.78. The van der Waals surface area contributed by atoms with E-state index in [1.807, 2.05) is 18.7 Å². The van der Waals surface area contributed by atoms with Crippen molar-refractivity contribution >= 4 is 11.8 Å². The molecule has 1 aromatic rings. The first-order chi connectivity index (χ1) is 9.02. The quantitative estimate of drug-likeness (QED) is 0.922. The zero-order valence-electron chi connectivity index (χ0n) is 12.7. The van der Waals surface area contributed by atoms with Crippen molar-refractivity contribution in [2.75, 3.05) is 6.54 Å². The third kappa shape index (κ3) is 3.31. The normalized spacial score (nSPS) is 31.6. The monoisotopic (exact) mass is 282 g/mol. The lowest BCUT2D eigenvalue weighted by atomic mass is 9.80. The van der Waals surface area contributed by atoms with Gasteiger partial charge in [-0.05, 0) is 38.1 Å². The van der Waals surface area contributed by atoms with Crippen molar-refractivity contribution in [1.29, 1.82) is 0 Å². The molecule has 5 heteroatoms. The van der Waals surface area contributed by atoms with Crippen molar-refractivity contribution in [3.63, 3.8) is 0 Å². The molecule has 1 aliphatic rings. The number of hydrogen-bond acceptors (Lipinski definition) is 4. The lowest BCUT2D eigenvalue weighted by Gasteiger charge is -2.39. The van der Waals surface area contributed by atoms with Crippen LogP contribution in [-0.4, -0.2) is 32.6 Å². The zero-order chi connectivity index (χ0) is 14.0. The maximum absolute atomic E-state index is 4.31. The number of nitrogens with zero attached hydrogens (tertiary/aromatic N) is 3. The van der Waals surface area contributed by atoms with E-state index in [4.69, 9.17) is 0 Å². The summed E-state index contributed by atoms with van der Waals surface area (Å²) in [5.41, 5.74) is 0. The molecule has 0 amide bonds. The fourth-order valence-electron chi connectivity index (χ4n) is 3.10. The summed E-state index contributed by atoms with van der Waals surface area (Å²) in [6.45, 7) is 9.98. The second-order valence-electron chi connectivity index (χ2n) is 5.89. The molecule has 0 aromatic carbocycles. The number of nitrogens with one attached hydrogen (secondary N) is 1. The van der Waals surface area contributed by atoms with E-state index in [-0.39, 0.29) is 0 Å². The first-order valence-electron chi connectivity index (χ1n) is 7.29. The predicted molar refractivity (Wildman–Crippen MR) is 80.4 cm³/mol. The Morgan fingerprint density at radius 1 is 1.32 bits per heavy atom. The van der Waals surface area contributed by atoms with Crippen LogP contribution in [0.15, 0.2) is 5.16 Å². The fourth-order valence-corrected chi connectivity index (χ4v) is 4.44. The van der Waals surface area contributed by atoms with Gasteiger partial charge < -0.3 is 9.88 Å². The van der Waals surface area contributed by atoms with Crippen molar-refractivity contribution in [3.05, 3.63) is 5.82 Å². The summed E-state index contributed by atoms with van der Waals surface area (Å²) in [5.74, 6) is 2.52. The van der Waals surface area contributed by atoms with E-state index in [2.05, 4.69) is 47.9 Å². The highest BCUT2D eigenvalue weighted by molar-refractivity contribution is 7.99. The largest absolute Gasteiger partial charge is 0.313 e. The number of rotatable bonds is 4. The van der Waals surface area contributed by atoms with Gasteiger partial charge in [-0.2, -0.15) is 0 Å². The van der Waals surface area contributed by atoms with Crippen molar-refractivity contribution in [3.8, 4) is 0 Å². The van der Waals surface area contributed by atoms with Gasteiger partial charge in [0.2, 0.25) is 0 Å². The van der Waals surface area contributed by atoms with Gasteiger partial charge in [0.1, 0.15) is 5.82 Å². The molecule has 0 spiro atoms. The molecule has 108 valence electrons. The van der Waals surface area contributed by atoms with Crippen LogP contribution in [-0.2, 0) is 7.05 Å². The molecule has 0 aliphatic heterocycles. The van der Waals surface area contributed by atoms with Crippen molar-refractivity contribution < 1.29 is 0 Å². The van der Waals surface area contributed by atoms with Crippen LogP contribution in [0.3, 0.4) is 0 Å². The smallest absolute Gasteiger partial charge is 0.191 e. The average molecular weight is 282 g/mol. The Hall–Kier alpha value is -0.550. The Morgan fingerprint density at radius 3 is 2.63 bits per heavy atom. The molecular formula is C14H26N4S. The van der Waals surface area contributed by atoms with Crippen LogP contribution in [0.2, 0.25) is 0 Å². The fraction of sp³-hybridized carbons (Fsp3) is 0.857. The van der Waals surface area contributed by atoms with Gasteiger partial charge in [-0.3, -0.25) is 0 Å². The van der Waals surface area contributed by atoms with Crippen molar-refractivity contribution in [2.45, 2.75) is 57.0 Å². The van der Waals surface area contributed by atoms with Crippen LogP contribution in [0, 0.1) is 18.8 Å². The summed E-state index contributed by atoms with van der Waals surface area (Å²) in [5, 5.41) is 13.8. The second-order valence-corrected chi connectivity index (χ2v) is 7.03. The Morgan fingerprint density at radius 2 is 2.05 bits per heavy atom. The van der Waals surface area contributed by atoms with Crippen LogP contribution in [0.1, 0.15) is 39.4 Å². The molecule has 0 bridgehead atoms. The number of hydrogen-bond donors (Lipinski definition) is 1. The lowest BCUT2D eigenvalue weighted by Crippen LogP contribution is -2.46. The summed E-state index contributed by atoms with van der Waals surface area (Å²) in [7, 11) is 2.05. The van der Waals surface area contributed by atoms with Crippen LogP contribution < -0.4 is 5.32 Å². The molecule has 1 saturated carbocycles. The zero-order valence-corrected chi connectivity index (χ0v) is 13.5. The van der Waals surface area contributed by atoms with Crippen molar-refractivity contribution in [1.82, 2.24) is 20.1 Å². The van der Waals surface area contributed by atoms with Gasteiger partial charge in [-0.1, -0.05) is 32.5 Å². The first-order valence-corrected chi connectivity index (χ1v) is 8.16. The van der Waals surface area contributed by atoms with Crippen LogP contribution in [0.4, 0.5) is 0 Å². The lowest BCUT2D eigenvalue weighted by molar-refractivity contribution is 0.251. The van der Waals surface area contributed by atoms with Gasteiger partial charge in [0.15, 0.2) is 5.16 Å². The molecule has 1 N–H and O–H groups in total. The second kappa shape index (κ2) is 6.27. The van der Waals surface area contributed by atoms with E-state index in [0.29, 0.717) is 11.3 Å². The first kappa shape index (κ1) is 14.9. The highest BCUT2D eigenvalue weighted by atomic mass is 32.2. The highest BCUT2D eigenvalue weighted by Gasteiger charge is 2.35. The average Bonchev–Trinajstić information content (AvgIpc) is 2.65. The molecule has 4 nitrogen and oxygen atoms in total. The molecule has 0 radical (unpaired) electrons. The Kier molecular flexibility index (Phi) is 4.90. The van der Waals surface area contributed by atoms with Crippen LogP contribution in [0.25, 0.3) is 0 Å². The van der Waals surface area contributed by atoms with Crippen molar-refractivity contribution in [2.24, 2.45) is 18.9 Å². The molecule has 1 heterocycles. The minimum absolute atomic E-state index is 0.589. The molecule has 4 unspecified atom stereocenters. The Bertz CT molecular complexity index is 418. The highest BCUT2D eigenvalue weighted by Crippen LogP contribution is 2.39. The van der Waals surface area contributed by atoms with Gasteiger partial charge >= 0.3 is 0 Å². The summed E-state index contributed by atoms with van der Waals surface area (Å²) in [6, 6.07) is 0.589. The summed E-state index contributed by atoms with van der Waals surface area (Å²) >= 11 is 1.90. The van der Waals surface area contributed by atoms with Gasteiger partial charge in [0.05, 0.1) is 0 Å². The molecule has 4 atom stereocenters. The maximum Gasteiger partial charge on any atom is 0.191 e. The molecule has 1 aliphatic carbocycles. The van der Waals surface area contributed by atoms with E-state index >= 15 is 0 Å². The predicted octanol–water partition coefficient (Wildman–Crippen LogP) is 2.63. The standard InChI is InChI=1S/C14H26N4S/c1-6-15-12-8-9(2)7-10(3)13(12)19-14-17-16-11(4)18(14)5/h9-10,12-13,15H,6-8H2,1-5H3. The topological polar surface area (TPSA) is 42.7 Å². The van der Waals surface area contributed by atoms with E-state index in [1.54, 1.807) is 0 Å². The maximum atomic E-state index is 4.31. The molecular weight excluding hydrogens is 256 g/mol. The van der Waals surface area contributed by atoms with Gasteiger partial charge in [0.25, 0.3) is 0 Å². The van der Waals surface area contributed by atoms with E-state index in [1.165, 1.54) is 12.8 Å². The third-order valence-electron chi connectivity index (χ3n) is 4.15. The summed E-state index contributed by atoms with van der Waals surface area (Å²) < 4.78 is 2.10. The number of aromatic nitrogens is 3. The van der Waals surface area contributed by atoms with Gasteiger partial charge in [-0.25, -0.2) is 0 Å². The van der Waals surface area contributed by atoms with Crippen LogP contribution >= 0.6 is 11.8 Å². The van der Waals surface area contributed by atoms with E-state index < -0.39 is 0 Å². The van der Waals surface area contributed by atoms with Gasteiger partial charge in [0, 0.05) is 18.3 Å². The molecule has 1 fully saturated rings. The molecule has 0 saturated heterocycles. The SMILES string of the molecule is CCNC1CC(C)CC(C)C1Sc1nnc(C)n1C. The van der Waals surface area contributed by atoms with Gasteiger partial charge in [-0.15, -0.1) is 10.2 Å². The number of aryl methyl sites for hydroxylation is 1. The summed E-state index contributed by atoms with van der Waals surface area (Å²) in [6.07, 6.45) is 2.59. The number of thioether (sulfide) groups is 1.